The van der Waals surface area contributed by atoms with Crippen molar-refractivity contribution in [2.24, 2.45) is 11.8 Å². The van der Waals surface area contributed by atoms with Gasteiger partial charge in [-0.15, -0.1) is 0 Å². The Labute approximate surface area is 181 Å². The SMILES string of the molecule is O=C1C2C3CCCN3C3(C(=O)Nc4ccccc43)C2C(=O)N1c1ccccc1C(F)(F)F. The highest BCUT2D eigenvalue weighted by molar-refractivity contribution is 6.26. The minimum absolute atomic E-state index is 0.378. The van der Waals surface area contributed by atoms with Crippen molar-refractivity contribution < 1.29 is 27.6 Å². The molecule has 4 heterocycles. The summed E-state index contributed by atoms with van der Waals surface area (Å²) in [6, 6.07) is 11.2. The van der Waals surface area contributed by atoms with E-state index in [1.165, 1.54) is 12.1 Å². The van der Waals surface area contributed by atoms with Crippen molar-refractivity contribution in [2.45, 2.75) is 30.6 Å². The first-order chi connectivity index (χ1) is 15.3. The summed E-state index contributed by atoms with van der Waals surface area (Å²) < 4.78 is 41.1. The smallest absolute Gasteiger partial charge is 0.324 e. The number of amides is 3. The number of imide groups is 1. The van der Waals surface area contributed by atoms with Crippen molar-refractivity contribution in [2.75, 3.05) is 16.8 Å². The van der Waals surface area contributed by atoms with Crippen LogP contribution in [-0.2, 0) is 26.1 Å². The van der Waals surface area contributed by atoms with Gasteiger partial charge in [0.1, 0.15) is 5.54 Å². The number of nitrogens with zero attached hydrogens (tertiary/aromatic N) is 2. The second kappa shape index (κ2) is 6.19. The predicted molar refractivity (Wildman–Crippen MR) is 107 cm³/mol. The van der Waals surface area contributed by atoms with Gasteiger partial charge in [-0.1, -0.05) is 30.3 Å². The number of halogens is 3. The van der Waals surface area contributed by atoms with Crippen molar-refractivity contribution in [3.05, 3.63) is 59.7 Å². The number of alkyl halides is 3. The Hall–Kier alpha value is -3.20. The topological polar surface area (TPSA) is 69.7 Å². The lowest BCUT2D eigenvalue weighted by molar-refractivity contribution is -0.138. The van der Waals surface area contributed by atoms with E-state index in [2.05, 4.69) is 5.32 Å². The number of benzene rings is 2. The third-order valence-corrected chi connectivity index (χ3v) is 7.35. The Kier molecular flexibility index (Phi) is 3.77. The number of anilines is 2. The lowest BCUT2D eigenvalue weighted by atomic mass is 9.75. The molecule has 3 fully saturated rings. The van der Waals surface area contributed by atoms with E-state index in [1.54, 1.807) is 24.3 Å². The molecule has 2 aromatic rings. The fourth-order valence-electron chi connectivity index (χ4n) is 6.30. The molecular weight excluding hydrogens is 423 g/mol. The summed E-state index contributed by atoms with van der Waals surface area (Å²) in [7, 11) is 0. The van der Waals surface area contributed by atoms with Gasteiger partial charge in [0.25, 0.3) is 0 Å². The Balaban J connectivity index is 1.56. The van der Waals surface area contributed by atoms with Crippen molar-refractivity contribution >= 4 is 29.1 Å². The first-order valence-corrected chi connectivity index (χ1v) is 10.5. The van der Waals surface area contributed by atoms with Crippen LogP contribution in [0.2, 0.25) is 0 Å². The molecule has 0 aromatic heterocycles. The van der Waals surface area contributed by atoms with E-state index in [9.17, 15) is 27.6 Å². The van der Waals surface area contributed by atoms with Crippen LogP contribution in [0.25, 0.3) is 0 Å². The summed E-state index contributed by atoms with van der Waals surface area (Å²) >= 11 is 0. The largest absolute Gasteiger partial charge is 0.418 e. The number of carbonyl (C=O) groups excluding carboxylic acids is 3. The zero-order valence-corrected chi connectivity index (χ0v) is 16.7. The lowest BCUT2D eigenvalue weighted by Crippen LogP contribution is -2.54. The molecule has 1 spiro atoms. The Morgan fingerprint density at radius 1 is 0.969 bits per heavy atom. The highest BCUT2D eigenvalue weighted by Crippen LogP contribution is 2.61. The predicted octanol–water partition coefficient (Wildman–Crippen LogP) is 3.14. The molecule has 4 aliphatic heterocycles. The quantitative estimate of drug-likeness (QED) is 0.691. The number of para-hydroxylation sites is 2. The number of hydrogen-bond donors (Lipinski definition) is 1. The molecule has 6 nitrogen and oxygen atoms in total. The standard InChI is InChI=1S/C23H18F3N3O3/c24-23(25,26)13-7-2-4-9-15(13)29-19(30)17-16-10-5-11-28(16)22(18(17)20(29)31)12-6-1-3-8-14(12)27-21(22)32/h1-4,6-9,16-18H,5,10-11H2,(H,27,32). The van der Waals surface area contributed by atoms with Gasteiger partial charge in [0.05, 0.1) is 23.1 Å². The Morgan fingerprint density at radius 2 is 1.69 bits per heavy atom. The molecule has 9 heteroatoms. The van der Waals surface area contributed by atoms with Crippen LogP contribution in [0.1, 0.15) is 24.0 Å². The molecule has 0 radical (unpaired) electrons. The van der Waals surface area contributed by atoms with Crippen molar-refractivity contribution in [3.63, 3.8) is 0 Å². The van der Waals surface area contributed by atoms with Gasteiger partial charge in [-0.25, -0.2) is 4.90 Å². The highest BCUT2D eigenvalue weighted by atomic mass is 19.4. The van der Waals surface area contributed by atoms with E-state index in [0.717, 1.165) is 18.6 Å². The number of fused-ring (bicyclic) bond motifs is 7. The van der Waals surface area contributed by atoms with Gasteiger partial charge in [0.2, 0.25) is 17.7 Å². The number of carbonyl (C=O) groups is 3. The van der Waals surface area contributed by atoms with Crippen LogP contribution >= 0.6 is 0 Å². The van der Waals surface area contributed by atoms with Gasteiger partial charge < -0.3 is 5.32 Å². The van der Waals surface area contributed by atoms with Crippen LogP contribution in [0.15, 0.2) is 48.5 Å². The molecule has 6 rings (SSSR count). The van der Waals surface area contributed by atoms with Gasteiger partial charge >= 0.3 is 6.18 Å². The van der Waals surface area contributed by atoms with Crippen molar-refractivity contribution in [1.29, 1.82) is 0 Å². The van der Waals surface area contributed by atoms with E-state index in [0.29, 0.717) is 29.1 Å². The second-order valence-electron chi connectivity index (χ2n) is 8.70. The Bertz CT molecular complexity index is 1200. The molecule has 4 unspecified atom stereocenters. The summed E-state index contributed by atoms with van der Waals surface area (Å²) in [5.74, 6) is -3.76. The monoisotopic (exact) mass is 441 g/mol. The maximum Gasteiger partial charge on any atom is 0.418 e. The van der Waals surface area contributed by atoms with Crippen LogP contribution in [0.4, 0.5) is 24.5 Å². The third kappa shape index (κ3) is 2.16. The molecule has 3 saturated heterocycles. The molecular formula is C23H18F3N3O3. The maximum absolute atomic E-state index is 13.8. The number of rotatable bonds is 1. The van der Waals surface area contributed by atoms with Gasteiger partial charge in [-0.2, -0.15) is 13.2 Å². The van der Waals surface area contributed by atoms with E-state index >= 15 is 0 Å². The maximum atomic E-state index is 13.8. The minimum Gasteiger partial charge on any atom is -0.324 e. The molecule has 3 amide bonds. The molecule has 0 saturated carbocycles. The third-order valence-electron chi connectivity index (χ3n) is 7.35. The van der Waals surface area contributed by atoms with Gasteiger partial charge in [-0.3, -0.25) is 19.3 Å². The highest BCUT2D eigenvalue weighted by Gasteiger charge is 2.74. The van der Waals surface area contributed by atoms with E-state index in [-0.39, 0.29) is 6.04 Å². The lowest BCUT2D eigenvalue weighted by Gasteiger charge is -2.36. The molecule has 4 atom stereocenters. The summed E-state index contributed by atoms with van der Waals surface area (Å²) in [6.45, 7) is 0.541. The molecule has 0 bridgehead atoms. The molecule has 32 heavy (non-hydrogen) atoms. The van der Waals surface area contributed by atoms with Crippen LogP contribution in [0.3, 0.4) is 0 Å². The summed E-state index contributed by atoms with van der Waals surface area (Å²) in [6.07, 6.45) is -3.39. The summed E-state index contributed by atoms with van der Waals surface area (Å²) in [5, 5.41) is 2.84. The van der Waals surface area contributed by atoms with Crippen LogP contribution in [0, 0.1) is 11.8 Å². The molecule has 1 N–H and O–H groups in total. The molecule has 4 aliphatic rings. The van der Waals surface area contributed by atoms with Gasteiger partial charge in [0.15, 0.2) is 0 Å². The van der Waals surface area contributed by atoms with Crippen LogP contribution in [-0.4, -0.2) is 35.2 Å². The second-order valence-corrected chi connectivity index (χ2v) is 8.70. The van der Waals surface area contributed by atoms with Gasteiger partial charge in [0, 0.05) is 17.3 Å². The fourth-order valence-corrected chi connectivity index (χ4v) is 6.30. The van der Waals surface area contributed by atoms with E-state index in [4.69, 9.17) is 0 Å². The summed E-state index contributed by atoms with van der Waals surface area (Å²) in [4.78, 5) is 43.4. The first-order valence-electron chi connectivity index (χ1n) is 10.5. The average molecular weight is 441 g/mol. The molecule has 164 valence electrons. The van der Waals surface area contributed by atoms with E-state index in [1.807, 2.05) is 4.90 Å². The minimum atomic E-state index is -4.73. The fraction of sp³-hybridized carbons (Fsp3) is 0.348. The van der Waals surface area contributed by atoms with Crippen molar-refractivity contribution in [3.8, 4) is 0 Å². The molecule has 0 aliphatic carbocycles. The van der Waals surface area contributed by atoms with Crippen LogP contribution in [0.5, 0.6) is 0 Å². The zero-order valence-electron chi connectivity index (χ0n) is 16.7. The zero-order chi connectivity index (χ0) is 22.4. The van der Waals surface area contributed by atoms with Crippen molar-refractivity contribution in [1.82, 2.24) is 4.90 Å². The first kappa shape index (κ1) is 19.5. The van der Waals surface area contributed by atoms with Crippen LogP contribution < -0.4 is 10.2 Å². The van der Waals surface area contributed by atoms with E-state index < -0.39 is 52.5 Å². The summed E-state index contributed by atoms with van der Waals surface area (Å²) in [5.41, 5.74) is -1.74. The van der Waals surface area contributed by atoms with Gasteiger partial charge in [-0.05, 0) is 37.6 Å². The average Bonchev–Trinajstić information content (AvgIpc) is 3.45. The number of nitrogens with one attached hydrogen (secondary N) is 1. The number of hydrogen-bond acceptors (Lipinski definition) is 4. The Morgan fingerprint density at radius 3 is 2.47 bits per heavy atom. The normalized spacial score (nSPS) is 31.3. The molecule has 2 aromatic carbocycles.